The SMILES string of the molecule is COc1ccc(C=CC(=O)Nc2cccc(S(=O)(=O)N3CCCC3)c2)cc1. The summed E-state index contributed by atoms with van der Waals surface area (Å²) in [4.78, 5) is 12.3. The molecule has 142 valence electrons. The van der Waals surface area contributed by atoms with Gasteiger partial charge in [0.15, 0.2) is 0 Å². The fourth-order valence-electron chi connectivity index (χ4n) is 2.88. The molecule has 0 atom stereocenters. The van der Waals surface area contributed by atoms with Crippen LogP contribution in [0.25, 0.3) is 6.08 Å². The number of benzene rings is 2. The number of nitrogens with one attached hydrogen (secondary N) is 1. The van der Waals surface area contributed by atoms with Crippen LogP contribution in [0, 0.1) is 0 Å². The average Bonchev–Trinajstić information content (AvgIpc) is 3.23. The number of nitrogens with zero attached hydrogens (tertiary/aromatic N) is 1. The molecule has 0 radical (unpaired) electrons. The first-order valence-corrected chi connectivity index (χ1v) is 10.2. The summed E-state index contributed by atoms with van der Waals surface area (Å²) in [5.41, 5.74) is 1.30. The Morgan fingerprint density at radius 1 is 1.11 bits per heavy atom. The van der Waals surface area contributed by atoms with Crippen molar-refractivity contribution < 1.29 is 17.9 Å². The van der Waals surface area contributed by atoms with Gasteiger partial charge in [-0.05, 0) is 54.8 Å². The van der Waals surface area contributed by atoms with Crippen molar-refractivity contribution >= 4 is 27.7 Å². The van der Waals surface area contributed by atoms with Crippen LogP contribution in [0.1, 0.15) is 18.4 Å². The maximum absolute atomic E-state index is 12.6. The maximum atomic E-state index is 12.6. The van der Waals surface area contributed by atoms with Crippen molar-refractivity contribution in [1.82, 2.24) is 4.31 Å². The van der Waals surface area contributed by atoms with Crippen LogP contribution < -0.4 is 10.1 Å². The molecule has 1 N–H and O–H groups in total. The van der Waals surface area contributed by atoms with Crippen LogP contribution in [0.15, 0.2) is 59.5 Å². The summed E-state index contributed by atoms with van der Waals surface area (Å²) in [7, 11) is -1.91. The van der Waals surface area contributed by atoms with Gasteiger partial charge >= 0.3 is 0 Å². The summed E-state index contributed by atoms with van der Waals surface area (Å²) < 4.78 is 31.8. The lowest BCUT2D eigenvalue weighted by Gasteiger charge is -2.16. The third kappa shape index (κ3) is 4.75. The summed E-state index contributed by atoms with van der Waals surface area (Å²) in [5.74, 6) is 0.411. The van der Waals surface area contributed by atoms with Crippen LogP contribution in [-0.2, 0) is 14.8 Å². The minimum Gasteiger partial charge on any atom is -0.497 e. The third-order valence-corrected chi connectivity index (χ3v) is 6.24. The molecule has 0 aliphatic carbocycles. The number of sulfonamides is 1. The van der Waals surface area contributed by atoms with Crippen molar-refractivity contribution in [2.75, 3.05) is 25.5 Å². The Labute approximate surface area is 159 Å². The van der Waals surface area contributed by atoms with Crippen molar-refractivity contribution in [2.24, 2.45) is 0 Å². The topological polar surface area (TPSA) is 75.7 Å². The summed E-state index contributed by atoms with van der Waals surface area (Å²) in [5, 5.41) is 2.70. The molecule has 3 rings (SSSR count). The summed E-state index contributed by atoms with van der Waals surface area (Å²) in [6, 6.07) is 13.6. The largest absolute Gasteiger partial charge is 0.497 e. The summed E-state index contributed by atoms with van der Waals surface area (Å²) >= 11 is 0. The monoisotopic (exact) mass is 386 g/mol. The predicted molar refractivity (Wildman–Crippen MR) is 105 cm³/mol. The van der Waals surface area contributed by atoms with Crippen LogP contribution in [0.2, 0.25) is 0 Å². The molecule has 1 amide bonds. The molecule has 0 aromatic heterocycles. The molecule has 27 heavy (non-hydrogen) atoms. The summed E-state index contributed by atoms with van der Waals surface area (Å²) in [6.07, 6.45) is 4.85. The molecule has 1 aliphatic rings. The number of anilines is 1. The number of hydrogen-bond donors (Lipinski definition) is 1. The van der Waals surface area contributed by atoms with Crippen molar-refractivity contribution in [3.05, 3.63) is 60.2 Å². The Bertz CT molecular complexity index is 931. The number of carbonyl (C=O) groups is 1. The molecule has 1 aliphatic heterocycles. The second-order valence-electron chi connectivity index (χ2n) is 6.23. The highest BCUT2D eigenvalue weighted by atomic mass is 32.2. The average molecular weight is 386 g/mol. The molecule has 6 nitrogen and oxygen atoms in total. The van der Waals surface area contributed by atoms with Gasteiger partial charge in [-0.25, -0.2) is 8.42 Å². The Kier molecular flexibility index (Phi) is 5.93. The highest BCUT2D eigenvalue weighted by Crippen LogP contribution is 2.23. The molecule has 1 fully saturated rings. The van der Waals surface area contributed by atoms with Gasteiger partial charge in [0.05, 0.1) is 12.0 Å². The molecular formula is C20H22N2O4S. The molecule has 2 aromatic carbocycles. The van der Waals surface area contributed by atoms with Gasteiger partial charge < -0.3 is 10.1 Å². The van der Waals surface area contributed by atoms with Crippen molar-refractivity contribution in [1.29, 1.82) is 0 Å². The van der Waals surface area contributed by atoms with Gasteiger partial charge in [-0.2, -0.15) is 4.31 Å². The number of ether oxygens (including phenoxy) is 1. The van der Waals surface area contributed by atoms with E-state index in [9.17, 15) is 13.2 Å². The molecule has 0 unspecified atom stereocenters. The smallest absolute Gasteiger partial charge is 0.248 e. The van der Waals surface area contributed by atoms with Crippen LogP contribution in [0.4, 0.5) is 5.69 Å². The first kappa shape index (κ1) is 19.1. The Morgan fingerprint density at radius 2 is 1.81 bits per heavy atom. The normalized spacial score (nSPS) is 15.1. The van der Waals surface area contributed by atoms with Gasteiger partial charge in [0.1, 0.15) is 5.75 Å². The maximum Gasteiger partial charge on any atom is 0.248 e. The van der Waals surface area contributed by atoms with E-state index in [4.69, 9.17) is 4.74 Å². The highest BCUT2D eigenvalue weighted by molar-refractivity contribution is 7.89. The minimum absolute atomic E-state index is 0.196. The zero-order valence-corrected chi connectivity index (χ0v) is 15.9. The standard InChI is InChI=1S/C20H22N2O4S/c1-26-18-10-7-16(8-11-18)9-12-20(23)21-17-5-4-6-19(15-17)27(24,25)22-13-2-3-14-22/h4-12,15H,2-3,13-14H2,1H3,(H,21,23). The first-order valence-electron chi connectivity index (χ1n) is 8.72. The van der Waals surface area contributed by atoms with E-state index in [-0.39, 0.29) is 10.8 Å². The molecule has 7 heteroatoms. The number of hydrogen-bond acceptors (Lipinski definition) is 4. The molecule has 0 spiro atoms. The Balaban J connectivity index is 1.68. The fourth-order valence-corrected chi connectivity index (χ4v) is 4.45. The zero-order chi connectivity index (χ0) is 19.3. The third-order valence-electron chi connectivity index (χ3n) is 4.35. The molecule has 0 saturated carbocycles. The fraction of sp³-hybridized carbons (Fsp3) is 0.250. The first-order chi connectivity index (χ1) is 13.0. The van der Waals surface area contributed by atoms with Crippen LogP contribution in [0.5, 0.6) is 5.75 Å². The van der Waals surface area contributed by atoms with E-state index in [2.05, 4.69) is 5.32 Å². The van der Waals surface area contributed by atoms with Crippen LogP contribution in [-0.4, -0.2) is 38.8 Å². The van der Waals surface area contributed by atoms with E-state index in [1.54, 1.807) is 31.4 Å². The van der Waals surface area contributed by atoms with Crippen LogP contribution >= 0.6 is 0 Å². The van der Waals surface area contributed by atoms with Gasteiger partial charge in [0.2, 0.25) is 15.9 Å². The molecule has 0 bridgehead atoms. The van der Waals surface area contributed by atoms with Crippen LogP contribution in [0.3, 0.4) is 0 Å². The second kappa shape index (κ2) is 8.37. The molecule has 2 aromatic rings. The molecule has 1 heterocycles. The summed E-state index contributed by atoms with van der Waals surface area (Å²) in [6.45, 7) is 1.09. The Hall–Kier alpha value is -2.64. The van der Waals surface area contributed by atoms with Crippen molar-refractivity contribution in [3.8, 4) is 5.75 Å². The number of methoxy groups -OCH3 is 1. The van der Waals surface area contributed by atoms with Gasteiger partial charge in [-0.3, -0.25) is 4.79 Å². The second-order valence-corrected chi connectivity index (χ2v) is 8.17. The van der Waals surface area contributed by atoms with Gasteiger partial charge in [-0.1, -0.05) is 18.2 Å². The van der Waals surface area contributed by atoms with E-state index in [0.717, 1.165) is 24.2 Å². The van der Waals surface area contributed by atoms with E-state index in [1.807, 2.05) is 24.3 Å². The number of rotatable bonds is 6. The van der Waals surface area contributed by atoms with Crippen molar-refractivity contribution in [3.63, 3.8) is 0 Å². The lowest BCUT2D eigenvalue weighted by molar-refractivity contribution is -0.111. The highest BCUT2D eigenvalue weighted by Gasteiger charge is 2.27. The van der Waals surface area contributed by atoms with Crippen molar-refractivity contribution in [2.45, 2.75) is 17.7 Å². The lowest BCUT2D eigenvalue weighted by Crippen LogP contribution is -2.27. The number of amides is 1. The molecule has 1 saturated heterocycles. The predicted octanol–water partition coefficient (Wildman–Crippen LogP) is 3.13. The zero-order valence-electron chi connectivity index (χ0n) is 15.1. The lowest BCUT2D eigenvalue weighted by atomic mass is 10.2. The minimum atomic E-state index is -3.51. The van der Waals surface area contributed by atoms with Gasteiger partial charge in [-0.15, -0.1) is 0 Å². The number of carbonyl (C=O) groups excluding carboxylic acids is 1. The van der Waals surface area contributed by atoms with Gasteiger partial charge in [0, 0.05) is 24.9 Å². The van der Waals surface area contributed by atoms with E-state index in [1.165, 1.54) is 16.4 Å². The Morgan fingerprint density at radius 3 is 2.48 bits per heavy atom. The molecular weight excluding hydrogens is 364 g/mol. The van der Waals surface area contributed by atoms with E-state index in [0.29, 0.717) is 18.8 Å². The van der Waals surface area contributed by atoms with E-state index < -0.39 is 10.0 Å². The quantitative estimate of drug-likeness (QED) is 0.774. The van der Waals surface area contributed by atoms with E-state index >= 15 is 0 Å². The van der Waals surface area contributed by atoms with Gasteiger partial charge in [0.25, 0.3) is 0 Å².